The van der Waals surface area contributed by atoms with Crippen molar-refractivity contribution in [3.8, 4) is 11.5 Å². The van der Waals surface area contributed by atoms with Crippen LogP contribution in [0.1, 0.15) is 38.2 Å². The summed E-state index contributed by atoms with van der Waals surface area (Å²) in [6.07, 6.45) is 10.0. The first-order chi connectivity index (χ1) is 17.9. The Labute approximate surface area is 217 Å². The molecule has 3 heterocycles. The summed E-state index contributed by atoms with van der Waals surface area (Å²) in [6, 6.07) is 5.03. The highest BCUT2D eigenvalue weighted by Crippen LogP contribution is 2.29. The van der Waals surface area contributed by atoms with Crippen LogP contribution >= 0.6 is 0 Å². The van der Waals surface area contributed by atoms with Gasteiger partial charge in [-0.15, -0.1) is 0 Å². The van der Waals surface area contributed by atoms with Gasteiger partial charge in [0.1, 0.15) is 25.0 Å². The molecule has 2 fully saturated rings. The zero-order chi connectivity index (χ0) is 26.2. The number of rotatable bonds is 9. The average Bonchev–Trinajstić information content (AvgIpc) is 3.42. The molecule has 1 atom stereocenters. The smallest absolute Gasteiger partial charge is 0.250 e. The number of hydrogen-bond donors (Lipinski definition) is 1. The second kappa shape index (κ2) is 12.6. The molecule has 0 aromatic heterocycles. The molecule has 37 heavy (non-hydrogen) atoms. The molecule has 0 saturated carbocycles. The molecule has 0 bridgehead atoms. The summed E-state index contributed by atoms with van der Waals surface area (Å²) in [6.45, 7) is 5.96. The van der Waals surface area contributed by atoms with Crippen molar-refractivity contribution in [3.05, 3.63) is 59.4 Å². The van der Waals surface area contributed by atoms with Gasteiger partial charge < -0.3 is 19.1 Å². The van der Waals surface area contributed by atoms with Crippen molar-refractivity contribution in [2.45, 2.75) is 45.3 Å². The van der Waals surface area contributed by atoms with Crippen molar-refractivity contribution < 1.29 is 28.6 Å². The van der Waals surface area contributed by atoms with Crippen molar-refractivity contribution >= 4 is 17.7 Å². The summed E-state index contributed by atoms with van der Waals surface area (Å²) in [7, 11) is 1.62. The van der Waals surface area contributed by atoms with Crippen LogP contribution in [0.3, 0.4) is 0 Å². The minimum absolute atomic E-state index is 0.184. The van der Waals surface area contributed by atoms with Crippen LogP contribution in [-0.2, 0) is 25.7 Å². The Balaban J connectivity index is 1.39. The van der Waals surface area contributed by atoms with E-state index in [-0.39, 0.29) is 31.4 Å². The molecule has 0 radical (unpaired) electrons. The van der Waals surface area contributed by atoms with E-state index in [0.717, 1.165) is 25.2 Å². The summed E-state index contributed by atoms with van der Waals surface area (Å²) in [5, 5.41) is 2.33. The fraction of sp³-hybridized carbons (Fsp3) is 0.464. The van der Waals surface area contributed by atoms with E-state index < -0.39 is 11.9 Å². The van der Waals surface area contributed by atoms with Gasteiger partial charge in [0.05, 0.1) is 7.11 Å². The summed E-state index contributed by atoms with van der Waals surface area (Å²) in [5.74, 6) is 0.906. The Morgan fingerprint density at radius 1 is 1.08 bits per heavy atom. The predicted molar refractivity (Wildman–Crippen MR) is 138 cm³/mol. The van der Waals surface area contributed by atoms with Gasteiger partial charge in [-0.1, -0.05) is 18.2 Å². The number of methoxy groups -OCH3 is 1. The fourth-order valence-electron chi connectivity index (χ4n) is 4.66. The molecular formula is C28H35N3O6. The van der Waals surface area contributed by atoms with E-state index in [1.807, 2.05) is 18.2 Å². The molecule has 0 aliphatic carbocycles. The molecule has 3 amide bonds. The number of carbonyl (C=O) groups is 3. The normalized spacial score (nSPS) is 22.4. The lowest BCUT2D eigenvalue weighted by Gasteiger charge is -2.32. The van der Waals surface area contributed by atoms with Gasteiger partial charge in [-0.3, -0.25) is 24.6 Å². The van der Waals surface area contributed by atoms with Crippen LogP contribution in [0.4, 0.5) is 0 Å². The van der Waals surface area contributed by atoms with Crippen molar-refractivity contribution in [1.29, 1.82) is 0 Å². The van der Waals surface area contributed by atoms with E-state index in [4.69, 9.17) is 14.2 Å². The third-order valence-corrected chi connectivity index (χ3v) is 6.78. The van der Waals surface area contributed by atoms with Crippen LogP contribution in [0.25, 0.3) is 0 Å². The van der Waals surface area contributed by atoms with Crippen molar-refractivity contribution in [2.75, 3.05) is 39.9 Å². The Kier molecular flexibility index (Phi) is 9.00. The number of benzene rings is 1. The molecule has 0 spiro atoms. The van der Waals surface area contributed by atoms with Crippen molar-refractivity contribution in [3.63, 3.8) is 0 Å². The molecule has 1 aromatic rings. The van der Waals surface area contributed by atoms with Gasteiger partial charge in [-0.2, -0.15) is 0 Å². The van der Waals surface area contributed by atoms with Gasteiger partial charge >= 0.3 is 0 Å². The number of ether oxygens (including phenoxy) is 3. The second-order valence-electron chi connectivity index (χ2n) is 9.41. The molecule has 9 heteroatoms. The molecule has 198 valence electrons. The summed E-state index contributed by atoms with van der Waals surface area (Å²) in [5.41, 5.74) is 1.41. The first-order valence-electron chi connectivity index (χ1n) is 12.8. The number of nitrogens with zero attached hydrogens (tertiary/aromatic N) is 2. The first kappa shape index (κ1) is 26.5. The molecule has 3 aliphatic heterocycles. The zero-order valence-electron chi connectivity index (χ0n) is 21.5. The molecule has 1 unspecified atom stereocenters. The van der Waals surface area contributed by atoms with E-state index in [1.54, 1.807) is 38.3 Å². The van der Waals surface area contributed by atoms with E-state index in [1.165, 1.54) is 17.7 Å². The molecule has 1 N–H and O–H groups in total. The first-order valence-corrected chi connectivity index (χ1v) is 12.8. The maximum absolute atomic E-state index is 13.0. The molecular weight excluding hydrogens is 474 g/mol. The largest absolute Gasteiger partial charge is 0.493 e. The second-order valence-corrected chi connectivity index (χ2v) is 9.41. The van der Waals surface area contributed by atoms with Gasteiger partial charge in [0.25, 0.3) is 0 Å². The number of hydrogen-bond acceptors (Lipinski definition) is 7. The Hall–Kier alpha value is -3.59. The number of allylic oxidation sites excluding steroid dienone is 3. The van der Waals surface area contributed by atoms with Gasteiger partial charge in [0.15, 0.2) is 11.5 Å². The highest BCUT2D eigenvalue weighted by Gasteiger charge is 2.34. The summed E-state index contributed by atoms with van der Waals surface area (Å²) < 4.78 is 17.5. The fourth-order valence-corrected chi connectivity index (χ4v) is 4.66. The van der Waals surface area contributed by atoms with Gasteiger partial charge in [-0.25, -0.2) is 0 Å². The van der Waals surface area contributed by atoms with Crippen LogP contribution in [0, 0.1) is 0 Å². The third-order valence-electron chi connectivity index (χ3n) is 6.78. The van der Waals surface area contributed by atoms with Gasteiger partial charge in [0.2, 0.25) is 17.7 Å². The van der Waals surface area contributed by atoms with E-state index in [2.05, 4.69) is 10.2 Å². The number of likely N-dealkylation sites (tertiary alicyclic amines) is 1. The molecule has 9 nitrogen and oxygen atoms in total. The highest BCUT2D eigenvalue weighted by atomic mass is 16.5. The van der Waals surface area contributed by atoms with Gasteiger partial charge in [-0.05, 0) is 69.1 Å². The monoisotopic (exact) mass is 509 g/mol. The van der Waals surface area contributed by atoms with Crippen LogP contribution in [0.5, 0.6) is 11.5 Å². The molecule has 4 rings (SSSR count). The third kappa shape index (κ3) is 7.01. The van der Waals surface area contributed by atoms with Crippen LogP contribution in [0.15, 0.2) is 53.8 Å². The van der Waals surface area contributed by atoms with Crippen molar-refractivity contribution in [2.24, 2.45) is 0 Å². The van der Waals surface area contributed by atoms with E-state index >= 15 is 0 Å². The Bertz CT molecular complexity index is 1100. The molecule has 3 aliphatic rings. The minimum atomic E-state index is -0.702. The Morgan fingerprint density at radius 2 is 1.89 bits per heavy atom. The lowest BCUT2D eigenvalue weighted by atomic mass is 10.0. The maximum Gasteiger partial charge on any atom is 0.250 e. The number of nitrogens with one attached hydrogen (secondary N) is 1. The topological polar surface area (TPSA) is 97.4 Å². The maximum atomic E-state index is 13.0. The van der Waals surface area contributed by atoms with Crippen molar-refractivity contribution in [1.82, 2.24) is 15.1 Å². The Morgan fingerprint density at radius 3 is 2.65 bits per heavy atom. The zero-order valence-corrected chi connectivity index (χ0v) is 21.5. The average molecular weight is 510 g/mol. The number of imide groups is 1. The standard InChI is InChI=1S/C28H35N3O6/c1-20-6-5-7-22(12-15-31(28(20)34)23-9-11-26(32)29-27(23)33)37-19-21-8-10-24(25(18-21)35-2)36-17-16-30-13-3-4-14-30/h5-8,10,12,18,23H,3-4,9,11,13-17,19H2,1-2H3,(H,29,32,33)/b7-5?,20-6+,22-12?. The van der Waals surface area contributed by atoms with Crippen LogP contribution < -0.4 is 14.8 Å². The lowest BCUT2D eigenvalue weighted by molar-refractivity contribution is -0.143. The molecule has 1 aromatic carbocycles. The lowest BCUT2D eigenvalue weighted by Crippen LogP contribution is -2.54. The number of piperidine rings is 1. The van der Waals surface area contributed by atoms with E-state index in [0.29, 0.717) is 35.9 Å². The summed E-state index contributed by atoms with van der Waals surface area (Å²) in [4.78, 5) is 40.8. The van der Waals surface area contributed by atoms with E-state index in [9.17, 15) is 14.4 Å². The predicted octanol–water partition coefficient (Wildman–Crippen LogP) is 2.72. The SMILES string of the molecule is COc1cc(COC2=CCN(C3CCC(=O)NC3=O)C(=O)/C(C)=C/C=C2)ccc1OCCN1CCCC1. The minimum Gasteiger partial charge on any atom is -0.493 e. The molecule has 2 saturated heterocycles. The quantitative estimate of drug-likeness (QED) is 0.511. The number of amides is 3. The summed E-state index contributed by atoms with van der Waals surface area (Å²) >= 11 is 0. The van der Waals surface area contributed by atoms with Gasteiger partial charge in [0, 0.05) is 25.1 Å². The van der Waals surface area contributed by atoms with Crippen LogP contribution in [-0.4, -0.2) is 73.5 Å². The van der Waals surface area contributed by atoms with Crippen LogP contribution in [0.2, 0.25) is 0 Å². The highest BCUT2D eigenvalue weighted by molar-refractivity contribution is 6.03. The number of carbonyl (C=O) groups excluding carboxylic acids is 3.